The predicted octanol–water partition coefficient (Wildman–Crippen LogP) is 6.49. The number of rotatable bonds is 4. The molecule has 12 heteroatoms. The van der Waals surface area contributed by atoms with E-state index in [-0.39, 0.29) is 17.3 Å². The number of nitrogens with zero attached hydrogens (tertiary/aromatic N) is 4. The molecule has 10 nitrogen and oxygen atoms in total. The Kier molecular flexibility index (Phi) is 10.7. The Morgan fingerprint density at radius 2 is 1.89 bits per heavy atom. The van der Waals surface area contributed by atoms with E-state index in [9.17, 15) is 13.2 Å². The molecule has 2 aromatic carbocycles. The molecular formula is C43H54ClN5O5S. The Morgan fingerprint density at radius 3 is 2.64 bits per heavy atom. The lowest BCUT2D eigenvalue weighted by Crippen LogP contribution is -2.59. The number of pyridine rings is 1. The van der Waals surface area contributed by atoms with Gasteiger partial charge < -0.3 is 19.3 Å². The first-order chi connectivity index (χ1) is 26.5. The van der Waals surface area contributed by atoms with Gasteiger partial charge >= 0.3 is 0 Å². The van der Waals surface area contributed by atoms with Crippen LogP contribution in [0.2, 0.25) is 5.02 Å². The van der Waals surface area contributed by atoms with Crippen LogP contribution >= 0.6 is 11.6 Å². The van der Waals surface area contributed by atoms with Crippen LogP contribution in [0, 0.1) is 17.8 Å². The molecular weight excluding hydrogens is 734 g/mol. The second-order valence-corrected chi connectivity index (χ2v) is 19.1. The number of carbonyl (C=O) groups excluding carboxylic acids is 1. The predicted molar refractivity (Wildman–Crippen MR) is 218 cm³/mol. The minimum Gasteiger partial charge on any atom is -0.490 e. The summed E-state index contributed by atoms with van der Waals surface area (Å²) in [6.07, 6.45) is 13.7. The van der Waals surface area contributed by atoms with Crippen molar-refractivity contribution in [3.63, 3.8) is 0 Å². The molecule has 3 aliphatic heterocycles. The highest BCUT2D eigenvalue weighted by Crippen LogP contribution is 2.49. The van der Waals surface area contributed by atoms with Gasteiger partial charge in [-0.1, -0.05) is 36.7 Å². The van der Waals surface area contributed by atoms with Crippen molar-refractivity contribution in [3.05, 3.63) is 94.8 Å². The van der Waals surface area contributed by atoms with Crippen molar-refractivity contribution in [1.82, 2.24) is 14.6 Å². The van der Waals surface area contributed by atoms with Gasteiger partial charge in [-0.15, -0.1) is 0 Å². The maximum absolute atomic E-state index is 13.7. The Morgan fingerprint density at radius 1 is 1.05 bits per heavy atom. The first-order valence-corrected chi connectivity index (χ1v) is 21.9. The number of hydrogen-bond donors (Lipinski definition) is 1. The van der Waals surface area contributed by atoms with Gasteiger partial charge in [0.25, 0.3) is 5.91 Å². The number of ether oxygens (including phenoxy) is 2. The van der Waals surface area contributed by atoms with Crippen molar-refractivity contribution in [3.8, 4) is 5.75 Å². The highest BCUT2D eigenvalue weighted by atomic mass is 35.5. The van der Waals surface area contributed by atoms with Crippen LogP contribution in [-0.2, 0) is 26.6 Å². The third kappa shape index (κ3) is 7.49. The van der Waals surface area contributed by atoms with Crippen LogP contribution in [0.4, 0.5) is 11.4 Å². The molecule has 6 atom stereocenters. The van der Waals surface area contributed by atoms with E-state index in [2.05, 4.69) is 54.8 Å². The second-order valence-electron chi connectivity index (χ2n) is 16.7. The van der Waals surface area contributed by atoms with Crippen molar-refractivity contribution in [2.45, 2.75) is 68.6 Å². The number of anilines is 2. The molecule has 2 aliphatic carbocycles. The number of benzene rings is 2. The number of piperazine rings is 1. The van der Waals surface area contributed by atoms with E-state index in [1.54, 1.807) is 13.0 Å². The zero-order chi connectivity index (χ0) is 38.4. The lowest BCUT2D eigenvalue weighted by Gasteiger charge is -2.52. The fourth-order valence-corrected chi connectivity index (χ4v) is 11.3. The third-order valence-corrected chi connectivity index (χ3v) is 15.6. The van der Waals surface area contributed by atoms with Gasteiger partial charge in [0.1, 0.15) is 11.4 Å². The van der Waals surface area contributed by atoms with Gasteiger partial charge in [0.15, 0.2) is 0 Å². The summed E-state index contributed by atoms with van der Waals surface area (Å²) in [4.78, 5) is 25.4. The molecule has 1 amide bonds. The largest absolute Gasteiger partial charge is 0.490 e. The average Bonchev–Trinajstić information content (AvgIpc) is 3.32. The first kappa shape index (κ1) is 38.2. The van der Waals surface area contributed by atoms with E-state index in [0.717, 1.165) is 87.8 Å². The number of aromatic nitrogens is 1. The monoisotopic (exact) mass is 787 g/mol. The van der Waals surface area contributed by atoms with Gasteiger partial charge in [-0.2, -0.15) is 0 Å². The van der Waals surface area contributed by atoms with Crippen molar-refractivity contribution in [2.24, 2.45) is 17.8 Å². The molecule has 1 N–H and O–H groups in total. The standard InChI is InChI=1S/C43H54ClN5O5S/c1-30-7-4-17-43(53-3,28-47-19-21-48(22-20-47)36-9-6-18-45-25-36)38-13-10-34(38)26-49-27-42(16-5-8-32-23-35(44)12-14-37(32)42)29-54-40-15-11-33(24-39(40)49)41(50)46-55(51,52)31(30)2/h4,6,9,11-12,14-15,17-18,23-25,30-31,34,38H,5,7-8,10,13,16,19-22,26-29H2,1-3H3,(H,46,50)/b17-4-/t30-,31+,34-,38+,42-,43+/m0/s1. The molecule has 2 bridgehead atoms. The fraction of sp³-hybridized carbons (Fsp3) is 0.535. The average molecular weight is 788 g/mol. The van der Waals surface area contributed by atoms with E-state index in [0.29, 0.717) is 36.8 Å². The van der Waals surface area contributed by atoms with Crippen molar-refractivity contribution in [1.29, 1.82) is 0 Å². The smallest absolute Gasteiger partial charge is 0.264 e. The number of nitrogens with one attached hydrogen (secondary N) is 1. The summed E-state index contributed by atoms with van der Waals surface area (Å²) in [7, 11) is -2.12. The molecule has 0 unspecified atom stereocenters. The maximum Gasteiger partial charge on any atom is 0.264 e. The quantitative estimate of drug-likeness (QED) is 0.298. The van der Waals surface area contributed by atoms with Crippen LogP contribution in [0.5, 0.6) is 5.75 Å². The molecule has 5 aliphatic rings. The molecule has 2 fully saturated rings. The fourth-order valence-electron chi connectivity index (χ4n) is 9.86. The lowest BCUT2D eigenvalue weighted by atomic mass is 9.63. The van der Waals surface area contributed by atoms with Crippen molar-refractivity contribution < 1.29 is 22.7 Å². The molecule has 0 radical (unpaired) electrons. The number of sulfonamides is 1. The number of allylic oxidation sites excluding steroid dienone is 1. The van der Waals surface area contributed by atoms with Crippen molar-refractivity contribution >= 4 is 38.9 Å². The summed E-state index contributed by atoms with van der Waals surface area (Å²) in [5.74, 6) is 0.414. The third-order valence-electron chi connectivity index (χ3n) is 13.5. The zero-order valence-electron chi connectivity index (χ0n) is 32.3. The Labute approximate surface area is 331 Å². The van der Waals surface area contributed by atoms with Gasteiger partial charge in [-0.05, 0) is 117 Å². The highest BCUT2D eigenvalue weighted by molar-refractivity contribution is 7.90. The molecule has 8 rings (SSSR count). The topological polar surface area (TPSA) is 104 Å². The van der Waals surface area contributed by atoms with Crippen LogP contribution in [-0.4, -0.2) is 94.6 Å². The Bertz CT molecular complexity index is 2020. The van der Waals surface area contributed by atoms with Gasteiger partial charge in [-0.25, -0.2) is 13.1 Å². The number of aryl methyl sites for hydroxylation is 1. The minimum absolute atomic E-state index is 0.232. The second kappa shape index (κ2) is 15.4. The SMILES string of the molecule is CO[C@@]1(CN2CCN(c3cccnc3)CC2)/C=C\C[C@H](C)[C@@H](C)S(=O)(=O)NC(=O)c2ccc3c(c2)N(C[C@@H]2CC[C@H]21)C[C@@]1(CCCc2cc(Cl)ccc21)CO3. The molecule has 294 valence electrons. The lowest BCUT2D eigenvalue weighted by molar-refractivity contribution is -0.0919. The first-order valence-electron chi connectivity index (χ1n) is 20.0. The molecule has 4 heterocycles. The Hall–Kier alpha value is -3.64. The molecule has 1 saturated carbocycles. The maximum atomic E-state index is 13.7. The number of amides is 1. The summed E-state index contributed by atoms with van der Waals surface area (Å²) >= 11 is 6.51. The molecule has 1 aromatic heterocycles. The normalized spacial score (nSPS) is 31.6. The summed E-state index contributed by atoms with van der Waals surface area (Å²) in [5, 5.41) is -0.0453. The van der Waals surface area contributed by atoms with Gasteiger partial charge in [0.2, 0.25) is 10.0 Å². The Balaban J connectivity index is 1.16. The van der Waals surface area contributed by atoms with Crippen LogP contribution in [0.25, 0.3) is 0 Å². The zero-order valence-corrected chi connectivity index (χ0v) is 33.8. The van der Waals surface area contributed by atoms with E-state index in [4.69, 9.17) is 21.1 Å². The minimum atomic E-state index is -3.97. The summed E-state index contributed by atoms with van der Waals surface area (Å²) in [6.45, 7) is 9.97. The van der Waals surface area contributed by atoms with Crippen molar-refractivity contribution in [2.75, 3.05) is 69.3 Å². The van der Waals surface area contributed by atoms with Gasteiger partial charge in [-0.3, -0.25) is 14.7 Å². The number of methoxy groups -OCH3 is 1. The van der Waals surface area contributed by atoms with Gasteiger partial charge in [0.05, 0.1) is 29.4 Å². The molecule has 55 heavy (non-hydrogen) atoms. The molecule has 1 spiro atoms. The summed E-state index contributed by atoms with van der Waals surface area (Å²) < 4.78 is 43.1. The number of halogens is 1. The van der Waals surface area contributed by atoms with E-state index < -0.39 is 26.8 Å². The highest BCUT2D eigenvalue weighted by Gasteiger charge is 2.50. The van der Waals surface area contributed by atoms with Crippen LogP contribution in [0.15, 0.2) is 73.1 Å². The van der Waals surface area contributed by atoms with Gasteiger partial charge in [0, 0.05) is 75.1 Å². The number of hydrogen-bond acceptors (Lipinski definition) is 9. The number of carbonyl (C=O) groups is 1. The van der Waals surface area contributed by atoms with Crippen LogP contribution in [0.3, 0.4) is 0 Å². The van der Waals surface area contributed by atoms with Crippen LogP contribution in [0.1, 0.15) is 67.4 Å². The van der Waals surface area contributed by atoms with E-state index in [1.807, 2.05) is 50.7 Å². The molecule has 1 saturated heterocycles. The van der Waals surface area contributed by atoms with Crippen LogP contribution < -0.4 is 19.3 Å². The summed E-state index contributed by atoms with van der Waals surface area (Å²) in [5.41, 5.74) is 3.98. The van der Waals surface area contributed by atoms with E-state index >= 15 is 0 Å². The number of fused-ring (bicyclic) bond motifs is 4. The summed E-state index contributed by atoms with van der Waals surface area (Å²) in [6, 6.07) is 15.7. The van der Waals surface area contributed by atoms with E-state index in [1.165, 1.54) is 11.1 Å². The molecule has 3 aromatic rings.